The first-order valence-corrected chi connectivity index (χ1v) is 10.6. The number of allylic oxidation sites excluding steroid dienone is 3. The Labute approximate surface area is 157 Å². The molecule has 0 amide bonds. The summed E-state index contributed by atoms with van der Waals surface area (Å²) in [6.45, 7) is 8.59. The fourth-order valence-corrected chi connectivity index (χ4v) is 3.63. The Bertz CT molecular complexity index is 442. The minimum Gasteiger partial charge on any atom is -0.103 e. The molecule has 0 radical (unpaired) electrons. The number of benzene rings is 1. The van der Waals surface area contributed by atoms with Gasteiger partial charge in [0.15, 0.2) is 0 Å². The van der Waals surface area contributed by atoms with Crippen LogP contribution in [-0.2, 0) is 6.42 Å². The van der Waals surface area contributed by atoms with Crippen LogP contribution in [0.2, 0.25) is 0 Å². The first-order valence-electron chi connectivity index (χ1n) is 10.6. The fraction of sp³-hybridized carbons (Fsp3) is 0.600. The summed E-state index contributed by atoms with van der Waals surface area (Å²) < 4.78 is 0. The molecule has 25 heavy (non-hydrogen) atoms. The van der Waals surface area contributed by atoms with Gasteiger partial charge in [-0.3, -0.25) is 0 Å². The SMILES string of the molecule is C=CCCCC=CCC(CCC)C(C)CCCCCc1ccccc1. The van der Waals surface area contributed by atoms with Gasteiger partial charge in [0.2, 0.25) is 0 Å². The summed E-state index contributed by atoms with van der Waals surface area (Å²) in [5, 5.41) is 0. The second-order valence-corrected chi connectivity index (χ2v) is 7.54. The first-order chi connectivity index (χ1) is 12.3. The molecule has 0 saturated carbocycles. The van der Waals surface area contributed by atoms with E-state index < -0.39 is 0 Å². The number of unbranched alkanes of at least 4 members (excludes halogenated alkanes) is 4. The average Bonchev–Trinajstić information content (AvgIpc) is 2.64. The van der Waals surface area contributed by atoms with Crippen LogP contribution in [0.1, 0.15) is 83.6 Å². The Hall–Kier alpha value is -1.30. The highest BCUT2D eigenvalue weighted by Crippen LogP contribution is 2.26. The van der Waals surface area contributed by atoms with E-state index in [0.29, 0.717) is 0 Å². The molecule has 2 atom stereocenters. The Morgan fingerprint density at radius 1 is 0.920 bits per heavy atom. The van der Waals surface area contributed by atoms with Gasteiger partial charge in [-0.1, -0.05) is 94.5 Å². The zero-order chi connectivity index (χ0) is 18.2. The van der Waals surface area contributed by atoms with Crippen LogP contribution in [0.25, 0.3) is 0 Å². The molecule has 140 valence electrons. The summed E-state index contributed by atoms with van der Waals surface area (Å²) in [5.41, 5.74) is 1.49. The van der Waals surface area contributed by atoms with Gasteiger partial charge in [-0.2, -0.15) is 0 Å². The molecule has 0 aliphatic carbocycles. The maximum Gasteiger partial charge on any atom is -0.0279 e. The van der Waals surface area contributed by atoms with E-state index in [1.54, 1.807) is 0 Å². The van der Waals surface area contributed by atoms with Gasteiger partial charge < -0.3 is 0 Å². The molecule has 1 aromatic carbocycles. The third kappa shape index (κ3) is 11.0. The van der Waals surface area contributed by atoms with E-state index in [1.807, 2.05) is 6.08 Å². The van der Waals surface area contributed by atoms with E-state index in [9.17, 15) is 0 Å². The van der Waals surface area contributed by atoms with E-state index in [-0.39, 0.29) is 0 Å². The minimum absolute atomic E-state index is 0.856. The Balaban J connectivity index is 2.18. The smallest absolute Gasteiger partial charge is 0.0279 e. The van der Waals surface area contributed by atoms with Crippen LogP contribution in [0, 0.1) is 11.8 Å². The molecule has 0 N–H and O–H groups in total. The van der Waals surface area contributed by atoms with Crippen molar-refractivity contribution in [2.24, 2.45) is 11.8 Å². The summed E-state index contributed by atoms with van der Waals surface area (Å²) in [6, 6.07) is 10.9. The van der Waals surface area contributed by atoms with Crippen molar-refractivity contribution in [1.82, 2.24) is 0 Å². The van der Waals surface area contributed by atoms with Gasteiger partial charge in [0.05, 0.1) is 0 Å². The Kier molecular flexibility index (Phi) is 13.0. The molecule has 0 aromatic heterocycles. The van der Waals surface area contributed by atoms with E-state index in [1.165, 1.54) is 69.8 Å². The third-order valence-corrected chi connectivity index (χ3v) is 5.32. The molecule has 0 aliphatic rings. The van der Waals surface area contributed by atoms with Crippen molar-refractivity contribution in [3.8, 4) is 0 Å². The molecule has 1 rings (SSSR count). The summed E-state index contributed by atoms with van der Waals surface area (Å²) in [6.07, 6.45) is 21.1. The fourth-order valence-electron chi connectivity index (χ4n) is 3.63. The van der Waals surface area contributed by atoms with Crippen molar-refractivity contribution in [2.75, 3.05) is 0 Å². The summed E-state index contributed by atoms with van der Waals surface area (Å²) >= 11 is 0. The van der Waals surface area contributed by atoms with E-state index in [2.05, 4.69) is 62.9 Å². The zero-order valence-corrected chi connectivity index (χ0v) is 16.8. The second-order valence-electron chi connectivity index (χ2n) is 7.54. The normalized spacial score (nSPS) is 13.8. The van der Waals surface area contributed by atoms with E-state index >= 15 is 0 Å². The number of aryl methyl sites for hydroxylation is 1. The molecule has 0 aliphatic heterocycles. The van der Waals surface area contributed by atoms with Crippen LogP contribution < -0.4 is 0 Å². The molecule has 0 fully saturated rings. The molecule has 2 unspecified atom stereocenters. The van der Waals surface area contributed by atoms with Crippen molar-refractivity contribution in [3.05, 3.63) is 60.7 Å². The van der Waals surface area contributed by atoms with Gasteiger partial charge in [0, 0.05) is 0 Å². The van der Waals surface area contributed by atoms with Crippen molar-refractivity contribution < 1.29 is 0 Å². The van der Waals surface area contributed by atoms with E-state index in [0.717, 1.165) is 18.3 Å². The molecular weight excluding hydrogens is 300 g/mol. The maximum absolute atomic E-state index is 3.79. The van der Waals surface area contributed by atoms with Crippen LogP contribution in [0.15, 0.2) is 55.1 Å². The Morgan fingerprint density at radius 2 is 1.72 bits per heavy atom. The van der Waals surface area contributed by atoms with Crippen LogP contribution >= 0.6 is 0 Å². The van der Waals surface area contributed by atoms with E-state index in [4.69, 9.17) is 0 Å². The van der Waals surface area contributed by atoms with Crippen LogP contribution in [0.5, 0.6) is 0 Å². The molecule has 1 aromatic rings. The largest absolute Gasteiger partial charge is 0.103 e. The lowest BCUT2D eigenvalue weighted by atomic mass is 9.83. The van der Waals surface area contributed by atoms with Gasteiger partial charge >= 0.3 is 0 Å². The highest BCUT2D eigenvalue weighted by molar-refractivity contribution is 5.14. The third-order valence-electron chi connectivity index (χ3n) is 5.32. The van der Waals surface area contributed by atoms with Crippen molar-refractivity contribution in [2.45, 2.75) is 84.5 Å². The summed E-state index contributed by atoms with van der Waals surface area (Å²) in [4.78, 5) is 0. The zero-order valence-electron chi connectivity index (χ0n) is 16.8. The lowest BCUT2D eigenvalue weighted by Crippen LogP contribution is -2.11. The van der Waals surface area contributed by atoms with Gasteiger partial charge in [-0.05, 0) is 55.9 Å². The minimum atomic E-state index is 0.856. The van der Waals surface area contributed by atoms with Gasteiger partial charge in [0.1, 0.15) is 0 Å². The quantitative estimate of drug-likeness (QED) is 0.223. The predicted molar refractivity (Wildman–Crippen MR) is 114 cm³/mol. The molecule has 0 spiro atoms. The maximum atomic E-state index is 3.79. The highest BCUT2D eigenvalue weighted by atomic mass is 14.2. The number of hydrogen-bond acceptors (Lipinski definition) is 0. The summed E-state index contributed by atoms with van der Waals surface area (Å²) in [5.74, 6) is 1.73. The molecule has 0 bridgehead atoms. The highest BCUT2D eigenvalue weighted by Gasteiger charge is 2.14. The first kappa shape index (κ1) is 21.7. The van der Waals surface area contributed by atoms with Crippen molar-refractivity contribution in [1.29, 1.82) is 0 Å². The topological polar surface area (TPSA) is 0 Å². The molecule has 0 heteroatoms. The Morgan fingerprint density at radius 3 is 2.44 bits per heavy atom. The molecular formula is C25H40. The van der Waals surface area contributed by atoms with Crippen LogP contribution in [0.3, 0.4) is 0 Å². The van der Waals surface area contributed by atoms with Crippen molar-refractivity contribution >= 4 is 0 Å². The van der Waals surface area contributed by atoms with Gasteiger partial charge in [0.25, 0.3) is 0 Å². The van der Waals surface area contributed by atoms with Crippen LogP contribution in [-0.4, -0.2) is 0 Å². The van der Waals surface area contributed by atoms with Crippen molar-refractivity contribution in [3.63, 3.8) is 0 Å². The monoisotopic (exact) mass is 340 g/mol. The average molecular weight is 341 g/mol. The standard InChI is InChI=1S/C25H40/c1-4-6-7-8-9-16-22-25(17-5-2)23(3)18-12-10-13-19-24-20-14-11-15-21-24/h4,9,11,14-16,20-21,23,25H,1,5-8,10,12-13,17-19,22H2,2-3H3. The molecule has 0 nitrogen and oxygen atoms in total. The lowest BCUT2D eigenvalue weighted by Gasteiger charge is -2.22. The molecule has 0 saturated heterocycles. The summed E-state index contributed by atoms with van der Waals surface area (Å²) in [7, 11) is 0. The number of rotatable bonds is 15. The van der Waals surface area contributed by atoms with Crippen LogP contribution in [0.4, 0.5) is 0 Å². The second kappa shape index (κ2) is 15.0. The number of hydrogen-bond donors (Lipinski definition) is 0. The van der Waals surface area contributed by atoms with Gasteiger partial charge in [-0.25, -0.2) is 0 Å². The predicted octanol–water partition coefficient (Wildman–Crippen LogP) is 8.14. The lowest BCUT2D eigenvalue weighted by molar-refractivity contribution is 0.308. The van der Waals surface area contributed by atoms with Gasteiger partial charge in [-0.15, -0.1) is 6.58 Å². The molecule has 0 heterocycles.